The molecule has 0 radical (unpaired) electrons. The summed E-state index contributed by atoms with van der Waals surface area (Å²) < 4.78 is 26.7. The lowest BCUT2D eigenvalue weighted by Crippen LogP contribution is -2.27. The number of phosphoric ester groups is 1. The fourth-order valence-electron chi connectivity index (χ4n) is 5.64. The Bertz CT molecular complexity index is 764. The topological polar surface area (TPSA) is 102 Å². The molecule has 0 rings (SSSR count). The van der Waals surface area contributed by atoms with E-state index in [0.717, 1.165) is 44.9 Å². The molecule has 0 bridgehead atoms. The van der Waals surface area contributed by atoms with Crippen LogP contribution in [-0.4, -0.2) is 35.1 Å². The van der Waals surface area contributed by atoms with Gasteiger partial charge in [0.15, 0.2) is 6.10 Å². The van der Waals surface area contributed by atoms with Gasteiger partial charge in [-0.15, -0.1) is 0 Å². The lowest BCUT2D eigenvalue weighted by atomic mass is 10.0. The molecule has 47 heavy (non-hydrogen) atoms. The molecule has 0 aromatic rings. The summed E-state index contributed by atoms with van der Waals surface area (Å²) in [5.74, 6) is -0.393. The first kappa shape index (κ1) is 45.9. The van der Waals surface area contributed by atoms with Crippen LogP contribution >= 0.6 is 7.82 Å². The van der Waals surface area contributed by atoms with Gasteiger partial charge in [0.1, 0.15) is 6.61 Å². The Morgan fingerprint density at radius 3 is 1.38 bits per heavy atom. The van der Waals surface area contributed by atoms with Crippen LogP contribution in [0.2, 0.25) is 0 Å². The second kappa shape index (κ2) is 36.1. The molecular weight excluding hydrogens is 611 g/mol. The summed E-state index contributed by atoms with van der Waals surface area (Å²) in [7, 11) is -4.66. The Balaban J connectivity index is 3.84. The standard InChI is InChI=1S/C39H75O7P/c1-3-5-7-9-11-13-15-17-18-19-20-21-23-25-27-29-31-33-35-44-36-38(37-45-47(41,42)43)46-39(40)34-32-30-28-26-24-22-16-14-12-10-8-6-4-2/h14,16,33,35,38H,3-13,15,17-32,34,36-37H2,1-2H3,(H2,41,42,43)/b16-14-,35-33-/t38-/m1/s1. The van der Waals surface area contributed by atoms with E-state index in [2.05, 4.69) is 30.5 Å². The minimum absolute atomic E-state index is 0.00663. The van der Waals surface area contributed by atoms with Crippen LogP contribution in [-0.2, 0) is 23.4 Å². The number of hydrogen-bond donors (Lipinski definition) is 2. The molecule has 0 amide bonds. The van der Waals surface area contributed by atoms with Crippen LogP contribution in [0.15, 0.2) is 24.5 Å². The third-order valence-electron chi connectivity index (χ3n) is 8.57. The summed E-state index contributed by atoms with van der Waals surface area (Å²) in [5.41, 5.74) is 0. The predicted octanol–water partition coefficient (Wildman–Crippen LogP) is 12.4. The molecule has 278 valence electrons. The van der Waals surface area contributed by atoms with E-state index in [9.17, 15) is 9.36 Å². The van der Waals surface area contributed by atoms with E-state index in [1.54, 1.807) is 6.26 Å². The van der Waals surface area contributed by atoms with E-state index in [0.29, 0.717) is 0 Å². The number of ether oxygens (including phenoxy) is 2. The zero-order chi connectivity index (χ0) is 34.5. The number of rotatable bonds is 37. The molecular formula is C39H75O7P. The van der Waals surface area contributed by atoms with Crippen LogP contribution in [0.5, 0.6) is 0 Å². The van der Waals surface area contributed by atoms with Gasteiger partial charge in [-0.2, -0.15) is 0 Å². The van der Waals surface area contributed by atoms with Crippen LogP contribution in [0.25, 0.3) is 0 Å². The Labute approximate surface area is 290 Å². The third-order valence-corrected chi connectivity index (χ3v) is 9.05. The fourth-order valence-corrected chi connectivity index (χ4v) is 6.00. The van der Waals surface area contributed by atoms with E-state index in [1.165, 1.54) is 135 Å². The van der Waals surface area contributed by atoms with Gasteiger partial charge in [-0.1, -0.05) is 161 Å². The second-order valence-corrected chi connectivity index (χ2v) is 14.6. The average Bonchev–Trinajstić information content (AvgIpc) is 3.04. The van der Waals surface area contributed by atoms with E-state index in [4.69, 9.17) is 19.3 Å². The first-order valence-electron chi connectivity index (χ1n) is 19.7. The van der Waals surface area contributed by atoms with Crippen molar-refractivity contribution < 1.29 is 33.1 Å². The van der Waals surface area contributed by atoms with Gasteiger partial charge in [0.25, 0.3) is 0 Å². The Kier molecular flexibility index (Phi) is 35.3. The van der Waals surface area contributed by atoms with Crippen molar-refractivity contribution in [1.29, 1.82) is 0 Å². The minimum Gasteiger partial charge on any atom is -0.498 e. The summed E-state index contributed by atoms with van der Waals surface area (Å²) in [4.78, 5) is 30.5. The normalized spacial score (nSPS) is 12.8. The minimum atomic E-state index is -4.66. The first-order valence-corrected chi connectivity index (χ1v) is 21.2. The highest BCUT2D eigenvalue weighted by atomic mass is 31.2. The van der Waals surface area contributed by atoms with Crippen molar-refractivity contribution in [1.82, 2.24) is 0 Å². The van der Waals surface area contributed by atoms with Crippen molar-refractivity contribution in [2.45, 2.75) is 206 Å². The van der Waals surface area contributed by atoms with Gasteiger partial charge >= 0.3 is 13.8 Å². The second-order valence-electron chi connectivity index (χ2n) is 13.3. The zero-order valence-electron chi connectivity index (χ0n) is 30.7. The van der Waals surface area contributed by atoms with Crippen molar-refractivity contribution in [2.75, 3.05) is 13.2 Å². The highest BCUT2D eigenvalue weighted by Crippen LogP contribution is 2.36. The number of hydrogen-bond acceptors (Lipinski definition) is 5. The molecule has 0 aliphatic heterocycles. The van der Waals surface area contributed by atoms with E-state index in [-0.39, 0.29) is 13.0 Å². The van der Waals surface area contributed by atoms with Crippen molar-refractivity contribution in [3.63, 3.8) is 0 Å². The third kappa shape index (κ3) is 39.2. The number of allylic oxidation sites excluding steroid dienone is 3. The Morgan fingerprint density at radius 1 is 0.553 bits per heavy atom. The molecule has 0 aliphatic carbocycles. The molecule has 0 aromatic carbocycles. The van der Waals surface area contributed by atoms with Crippen molar-refractivity contribution >= 4 is 13.8 Å². The van der Waals surface area contributed by atoms with Crippen LogP contribution in [0.3, 0.4) is 0 Å². The van der Waals surface area contributed by atoms with Gasteiger partial charge < -0.3 is 19.3 Å². The van der Waals surface area contributed by atoms with E-state index in [1.807, 2.05) is 6.08 Å². The van der Waals surface area contributed by atoms with Crippen LogP contribution in [0, 0.1) is 0 Å². The van der Waals surface area contributed by atoms with Crippen LogP contribution in [0.1, 0.15) is 200 Å². The molecule has 8 heteroatoms. The molecule has 1 atom stereocenters. The van der Waals surface area contributed by atoms with Gasteiger partial charge in [0.05, 0.1) is 12.9 Å². The number of carbonyl (C=O) groups is 1. The molecule has 2 N–H and O–H groups in total. The van der Waals surface area contributed by atoms with E-state index >= 15 is 0 Å². The first-order chi connectivity index (χ1) is 22.9. The maximum Gasteiger partial charge on any atom is 0.469 e. The lowest BCUT2D eigenvalue weighted by Gasteiger charge is -2.18. The molecule has 0 aliphatic rings. The number of carbonyl (C=O) groups excluding carboxylic acids is 1. The van der Waals surface area contributed by atoms with Crippen molar-refractivity contribution in [3.05, 3.63) is 24.5 Å². The van der Waals surface area contributed by atoms with Gasteiger partial charge in [0, 0.05) is 6.42 Å². The molecule has 7 nitrogen and oxygen atoms in total. The summed E-state index contributed by atoms with van der Waals surface area (Å²) in [6.07, 6.45) is 42.6. The average molecular weight is 687 g/mol. The monoisotopic (exact) mass is 687 g/mol. The van der Waals surface area contributed by atoms with E-state index < -0.39 is 26.5 Å². The summed E-state index contributed by atoms with van der Waals surface area (Å²) in [5, 5.41) is 0. The van der Waals surface area contributed by atoms with Gasteiger partial charge in [-0.05, 0) is 51.0 Å². The highest BCUT2D eigenvalue weighted by molar-refractivity contribution is 7.46. The number of esters is 1. The molecule has 0 fully saturated rings. The molecule has 0 heterocycles. The molecule has 0 spiro atoms. The molecule has 0 aromatic heterocycles. The number of phosphoric acid groups is 1. The summed E-state index contributed by atoms with van der Waals surface area (Å²) >= 11 is 0. The largest absolute Gasteiger partial charge is 0.498 e. The summed E-state index contributed by atoms with van der Waals surface area (Å²) in [6, 6.07) is 0. The Morgan fingerprint density at radius 2 is 0.936 bits per heavy atom. The molecule has 0 saturated carbocycles. The fraction of sp³-hybridized carbons (Fsp3) is 0.872. The summed E-state index contributed by atoms with van der Waals surface area (Å²) in [6.45, 7) is 4.09. The van der Waals surface area contributed by atoms with Crippen LogP contribution < -0.4 is 0 Å². The Hall–Kier alpha value is -1.14. The maximum absolute atomic E-state index is 12.3. The van der Waals surface area contributed by atoms with Crippen molar-refractivity contribution in [3.8, 4) is 0 Å². The van der Waals surface area contributed by atoms with Gasteiger partial charge in [-0.3, -0.25) is 9.32 Å². The number of unbranched alkanes of at least 4 members (excludes halogenated alkanes) is 25. The van der Waals surface area contributed by atoms with Crippen LogP contribution in [0.4, 0.5) is 0 Å². The maximum atomic E-state index is 12.3. The van der Waals surface area contributed by atoms with Gasteiger partial charge in [-0.25, -0.2) is 4.57 Å². The molecule has 0 saturated heterocycles. The zero-order valence-corrected chi connectivity index (χ0v) is 31.6. The SMILES string of the molecule is CCCCCC/C=C\CCCCCCCC(=O)O[C@H](CO/C=C\CCCCCCCCCCCCCCCCCC)COP(=O)(O)O. The highest BCUT2D eigenvalue weighted by Gasteiger charge is 2.21. The lowest BCUT2D eigenvalue weighted by molar-refractivity contribution is -0.153. The van der Waals surface area contributed by atoms with Crippen molar-refractivity contribution in [2.24, 2.45) is 0 Å². The molecule has 0 unspecified atom stereocenters. The predicted molar refractivity (Wildman–Crippen MR) is 197 cm³/mol. The van der Waals surface area contributed by atoms with Gasteiger partial charge in [0.2, 0.25) is 0 Å². The smallest absolute Gasteiger partial charge is 0.469 e. The quantitative estimate of drug-likeness (QED) is 0.0220.